The number of fused-ring (bicyclic) bond motifs is 9. The Kier molecular flexibility index (Phi) is 7.40. The number of furan rings is 2. The molecule has 0 spiro atoms. The van der Waals surface area contributed by atoms with E-state index in [1.807, 2.05) is 35.6 Å². The normalized spacial score (nSPS) is 11.8. The van der Waals surface area contributed by atoms with Crippen molar-refractivity contribution in [2.24, 2.45) is 0 Å². The van der Waals surface area contributed by atoms with Gasteiger partial charge in [-0.1, -0.05) is 133 Å². The van der Waals surface area contributed by atoms with E-state index in [-0.39, 0.29) is 0 Å². The van der Waals surface area contributed by atoms with Gasteiger partial charge < -0.3 is 13.7 Å². The lowest BCUT2D eigenvalue weighted by Gasteiger charge is -2.27. The summed E-state index contributed by atoms with van der Waals surface area (Å²) >= 11 is 1.85. The summed E-state index contributed by atoms with van der Waals surface area (Å²) in [7, 11) is 0. The number of rotatable bonds is 6. The monoisotopic (exact) mass is 759 g/mol. The molecule has 0 aliphatic carbocycles. The van der Waals surface area contributed by atoms with Crippen molar-refractivity contribution in [2.75, 3.05) is 4.90 Å². The van der Waals surface area contributed by atoms with Crippen molar-refractivity contribution in [3.05, 3.63) is 200 Å². The van der Waals surface area contributed by atoms with Crippen LogP contribution in [-0.2, 0) is 0 Å². The number of hydrogen-bond acceptors (Lipinski definition) is 4. The van der Waals surface area contributed by atoms with E-state index in [2.05, 4.69) is 181 Å². The molecule has 0 aliphatic rings. The molecule has 0 atom stereocenters. The first-order valence-corrected chi connectivity index (χ1v) is 20.4. The molecule has 0 saturated heterocycles. The quantitative estimate of drug-likeness (QED) is 0.169. The molecule has 0 aliphatic heterocycles. The second-order valence-corrected chi connectivity index (χ2v) is 15.9. The topological polar surface area (TPSA) is 29.5 Å². The summed E-state index contributed by atoms with van der Waals surface area (Å²) in [4.78, 5) is 2.36. The molecule has 0 amide bonds. The van der Waals surface area contributed by atoms with Crippen LogP contribution < -0.4 is 4.90 Å². The van der Waals surface area contributed by atoms with Crippen LogP contribution in [0.1, 0.15) is 0 Å². The lowest BCUT2D eigenvalue weighted by molar-refractivity contribution is 0.669. The molecule has 0 fully saturated rings. The van der Waals surface area contributed by atoms with Crippen LogP contribution in [-0.4, -0.2) is 0 Å². The zero-order valence-electron chi connectivity index (χ0n) is 31.2. The van der Waals surface area contributed by atoms with Crippen molar-refractivity contribution in [1.29, 1.82) is 0 Å². The maximum atomic E-state index is 6.51. The first-order chi connectivity index (χ1) is 28.7. The van der Waals surface area contributed by atoms with Crippen LogP contribution in [0.2, 0.25) is 0 Å². The van der Waals surface area contributed by atoms with E-state index < -0.39 is 0 Å². The molecule has 3 aromatic heterocycles. The van der Waals surface area contributed by atoms with Gasteiger partial charge in [0.25, 0.3) is 0 Å². The van der Waals surface area contributed by atoms with Gasteiger partial charge in [0.1, 0.15) is 22.3 Å². The molecule has 12 aromatic rings. The van der Waals surface area contributed by atoms with E-state index in [9.17, 15) is 0 Å². The molecule has 9 aromatic carbocycles. The van der Waals surface area contributed by atoms with Gasteiger partial charge in [0.15, 0.2) is 0 Å². The Labute approximate surface area is 338 Å². The van der Waals surface area contributed by atoms with Gasteiger partial charge in [0.2, 0.25) is 0 Å². The van der Waals surface area contributed by atoms with Gasteiger partial charge >= 0.3 is 0 Å². The van der Waals surface area contributed by atoms with Crippen molar-refractivity contribution in [3.63, 3.8) is 0 Å². The second-order valence-electron chi connectivity index (χ2n) is 14.9. The zero-order chi connectivity index (χ0) is 38.2. The van der Waals surface area contributed by atoms with Crippen molar-refractivity contribution in [1.82, 2.24) is 0 Å². The van der Waals surface area contributed by atoms with Crippen LogP contribution in [0.3, 0.4) is 0 Å². The van der Waals surface area contributed by atoms with Crippen molar-refractivity contribution in [2.45, 2.75) is 0 Å². The average Bonchev–Trinajstić information content (AvgIpc) is 3.98. The molecule has 0 radical (unpaired) electrons. The lowest BCUT2D eigenvalue weighted by atomic mass is 9.99. The molecule has 12 rings (SSSR count). The van der Waals surface area contributed by atoms with Gasteiger partial charge in [0.05, 0.1) is 0 Å². The fourth-order valence-electron chi connectivity index (χ4n) is 8.73. The molecule has 0 N–H and O–H groups in total. The number of thiophene rings is 1. The van der Waals surface area contributed by atoms with E-state index >= 15 is 0 Å². The summed E-state index contributed by atoms with van der Waals surface area (Å²) in [6.07, 6.45) is 0. The summed E-state index contributed by atoms with van der Waals surface area (Å²) in [6.45, 7) is 0. The highest BCUT2D eigenvalue weighted by atomic mass is 32.1. The van der Waals surface area contributed by atoms with Crippen LogP contribution in [0.15, 0.2) is 209 Å². The summed E-state index contributed by atoms with van der Waals surface area (Å²) in [5, 5.41) is 7.10. The number of hydrogen-bond donors (Lipinski definition) is 0. The third kappa shape index (κ3) is 5.27. The van der Waals surface area contributed by atoms with Crippen LogP contribution in [0.25, 0.3) is 97.4 Å². The average molecular weight is 760 g/mol. The smallest absolute Gasteiger partial charge is 0.143 e. The molecule has 58 heavy (non-hydrogen) atoms. The number of benzene rings is 9. The molecule has 0 bridgehead atoms. The van der Waals surface area contributed by atoms with Crippen LogP contribution in [0.4, 0.5) is 17.1 Å². The molecular formula is C54H33NO2S. The highest BCUT2D eigenvalue weighted by molar-refractivity contribution is 7.25. The SMILES string of the molecule is c1cc(-c2ccc3sc4ccccc4c3c2)cc(N(c2ccc(-c3cccc4c3oc3ccccc34)cc2)c2cccc(-c3cccc4c3oc3ccccc34)c2)c1. The van der Waals surface area contributed by atoms with Crippen molar-refractivity contribution >= 4 is 92.4 Å². The van der Waals surface area contributed by atoms with E-state index in [0.717, 1.165) is 88.8 Å². The second kappa shape index (κ2) is 13.1. The Balaban J connectivity index is 1.00. The minimum atomic E-state index is 0.895. The predicted octanol–water partition coefficient (Wildman–Crippen LogP) is 16.3. The van der Waals surface area contributed by atoms with Gasteiger partial charge in [-0.2, -0.15) is 0 Å². The third-order valence-corrected chi connectivity index (χ3v) is 12.6. The first-order valence-electron chi connectivity index (χ1n) is 19.6. The fourth-order valence-corrected chi connectivity index (χ4v) is 9.82. The van der Waals surface area contributed by atoms with E-state index in [1.165, 1.54) is 25.7 Å². The Morgan fingerprint density at radius 3 is 1.50 bits per heavy atom. The maximum Gasteiger partial charge on any atom is 0.143 e. The highest BCUT2D eigenvalue weighted by Crippen LogP contribution is 2.43. The van der Waals surface area contributed by atoms with E-state index in [4.69, 9.17) is 8.83 Å². The molecule has 4 heteroatoms. The third-order valence-electron chi connectivity index (χ3n) is 11.5. The Hall–Kier alpha value is -7.40. The molecule has 0 unspecified atom stereocenters. The predicted molar refractivity (Wildman–Crippen MR) is 245 cm³/mol. The Bertz CT molecular complexity index is 3530. The van der Waals surface area contributed by atoms with Crippen LogP contribution >= 0.6 is 11.3 Å². The van der Waals surface area contributed by atoms with Gasteiger partial charge in [0, 0.05) is 69.9 Å². The van der Waals surface area contributed by atoms with Gasteiger partial charge in [-0.25, -0.2) is 0 Å². The Morgan fingerprint density at radius 1 is 0.310 bits per heavy atom. The lowest BCUT2D eigenvalue weighted by Crippen LogP contribution is -2.10. The molecule has 3 nitrogen and oxygen atoms in total. The Morgan fingerprint density at radius 2 is 0.810 bits per heavy atom. The van der Waals surface area contributed by atoms with Crippen molar-refractivity contribution < 1.29 is 8.83 Å². The van der Waals surface area contributed by atoms with E-state index in [0.29, 0.717) is 0 Å². The molecule has 272 valence electrons. The standard InChI is InChI=1S/C54H33NO2S/c1-4-22-49-43(15-1)46-20-9-18-41(53(46)56-49)34-25-28-38(29-26-34)55(39-13-7-11-35(31-39)36-27-30-52-48(33-36)45-17-3-6-24-51(45)58-52)40-14-8-12-37(32-40)42-19-10-21-47-44-16-2-5-23-50(44)57-54(42)47/h1-33H. The minimum absolute atomic E-state index is 0.895. The zero-order valence-corrected chi connectivity index (χ0v) is 32.0. The van der Waals surface area contributed by atoms with E-state index in [1.54, 1.807) is 0 Å². The maximum absolute atomic E-state index is 6.51. The molecule has 0 saturated carbocycles. The fraction of sp³-hybridized carbons (Fsp3) is 0. The molecular weight excluding hydrogens is 727 g/mol. The summed E-state index contributed by atoms with van der Waals surface area (Å²) in [5.41, 5.74) is 13.5. The minimum Gasteiger partial charge on any atom is -0.455 e. The first kappa shape index (κ1) is 32.8. The molecule has 3 heterocycles. The van der Waals surface area contributed by atoms with Gasteiger partial charge in [-0.15, -0.1) is 11.3 Å². The number of anilines is 3. The van der Waals surface area contributed by atoms with Gasteiger partial charge in [-0.3, -0.25) is 0 Å². The van der Waals surface area contributed by atoms with Crippen LogP contribution in [0, 0.1) is 0 Å². The highest BCUT2D eigenvalue weighted by Gasteiger charge is 2.19. The van der Waals surface area contributed by atoms with Crippen LogP contribution in [0.5, 0.6) is 0 Å². The van der Waals surface area contributed by atoms with Crippen molar-refractivity contribution in [3.8, 4) is 33.4 Å². The largest absolute Gasteiger partial charge is 0.455 e. The number of nitrogens with zero attached hydrogens (tertiary/aromatic N) is 1. The summed E-state index contributed by atoms with van der Waals surface area (Å²) < 4.78 is 15.6. The number of para-hydroxylation sites is 4. The summed E-state index contributed by atoms with van der Waals surface area (Å²) in [5.74, 6) is 0. The van der Waals surface area contributed by atoms with Gasteiger partial charge in [-0.05, 0) is 89.0 Å². The summed E-state index contributed by atoms with van der Waals surface area (Å²) in [6, 6.07) is 71.5.